The second-order valence-corrected chi connectivity index (χ2v) is 8.39. The minimum Gasteiger partial charge on any atom is -0.423 e. The number of aromatic nitrogens is 2. The van der Waals surface area contributed by atoms with E-state index in [-0.39, 0.29) is 11.3 Å². The number of rotatable bonds is 9. The van der Waals surface area contributed by atoms with E-state index >= 15 is 0 Å². The van der Waals surface area contributed by atoms with Crippen LogP contribution < -0.4 is 9.47 Å². The van der Waals surface area contributed by atoms with Crippen molar-refractivity contribution in [3.05, 3.63) is 107 Å². The number of esters is 2. The van der Waals surface area contributed by atoms with E-state index < -0.39 is 11.9 Å². The van der Waals surface area contributed by atoms with Gasteiger partial charge in [-0.15, -0.1) is 0 Å². The van der Waals surface area contributed by atoms with Crippen LogP contribution in [0.25, 0.3) is 11.4 Å². The Morgan fingerprint density at radius 2 is 1.43 bits per heavy atom. The third kappa shape index (κ3) is 6.86. The number of benzene rings is 3. The molecule has 0 aliphatic heterocycles. The van der Waals surface area contributed by atoms with E-state index in [0.717, 1.165) is 24.0 Å². The molecule has 0 saturated carbocycles. The molecule has 1 heterocycles. The zero-order valence-corrected chi connectivity index (χ0v) is 20.4. The number of nitriles is 1. The van der Waals surface area contributed by atoms with E-state index in [1.54, 1.807) is 42.5 Å². The monoisotopic (exact) mass is 491 g/mol. The molecule has 37 heavy (non-hydrogen) atoms. The van der Waals surface area contributed by atoms with Crippen LogP contribution in [0.3, 0.4) is 0 Å². The molecule has 0 amide bonds. The average molecular weight is 492 g/mol. The minimum absolute atomic E-state index is 0.274. The Kier molecular flexibility index (Phi) is 8.35. The van der Waals surface area contributed by atoms with Crippen molar-refractivity contribution < 1.29 is 19.1 Å². The normalized spacial score (nSPS) is 10.4. The lowest BCUT2D eigenvalue weighted by molar-refractivity contribution is 0.0730. The Bertz CT molecular complexity index is 1410. The zero-order valence-electron chi connectivity index (χ0n) is 20.4. The van der Waals surface area contributed by atoms with Crippen LogP contribution in [0.5, 0.6) is 11.5 Å². The molecule has 0 bridgehead atoms. The highest BCUT2D eigenvalue weighted by atomic mass is 16.5. The van der Waals surface area contributed by atoms with E-state index in [2.05, 4.69) is 16.9 Å². The van der Waals surface area contributed by atoms with Crippen molar-refractivity contribution in [1.29, 1.82) is 5.26 Å². The molecule has 7 nitrogen and oxygen atoms in total. The fourth-order valence-corrected chi connectivity index (χ4v) is 3.59. The summed E-state index contributed by atoms with van der Waals surface area (Å²) >= 11 is 0. The van der Waals surface area contributed by atoms with Gasteiger partial charge in [-0.1, -0.05) is 38.0 Å². The lowest BCUT2D eigenvalue weighted by Crippen LogP contribution is -2.10. The molecule has 0 saturated heterocycles. The quantitative estimate of drug-likeness (QED) is 0.156. The molecule has 0 radical (unpaired) electrons. The highest BCUT2D eigenvalue weighted by Crippen LogP contribution is 2.20. The zero-order chi connectivity index (χ0) is 26.0. The summed E-state index contributed by atoms with van der Waals surface area (Å²) < 4.78 is 10.7. The van der Waals surface area contributed by atoms with Gasteiger partial charge in [0, 0.05) is 18.0 Å². The van der Waals surface area contributed by atoms with Crippen molar-refractivity contribution in [1.82, 2.24) is 9.97 Å². The first-order valence-corrected chi connectivity index (χ1v) is 12.0. The molecule has 0 spiro atoms. The van der Waals surface area contributed by atoms with E-state index in [4.69, 9.17) is 14.7 Å². The van der Waals surface area contributed by atoms with Crippen LogP contribution in [0.15, 0.2) is 85.2 Å². The molecule has 184 valence electrons. The molecule has 3 aromatic carbocycles. The van der Waals surface area contributed by atoms with Gasteiger partial charge in [0.05, 0.1) is 22.8 Å². The highest BCUT2D eigenvalue weighted by molar-refractivity contribution is 5.93. The summed E-state index contributed by atoms with van der Waals surface area (Å²) in [7, 11) is 0. The van der Waals surface area contributed by atoms with Gasteiger partial charge in [0.1, 0.15) is 11.5 Å². The second kappa shape index (κ2) is 12.2. The van der Waals surface area contributed by atoms with Crippen LogP contribution in [-0.4, -0.2) is 21.9 Å². The first-order chi connectivity index (χ1) is 18.1. The topological polar surface area (TPSA) is 102 Å². The predicted octanol–water partition coefficient (Wildman–Crippen LogP) is 6.19. The van der Waals surface area contributed by atoms with Crippen LogP contribution in [0.1, 0.15) is 58.0 Å². The van der Waals surface area contributed by atoms with Crippen LogP contribution in [0.2, 0.25) is 0 Å². The Morgan fingerprint density at radius 3 is 2.05 bits per heavy atom. The lowest BCUT2D eigenvalue weighted by Gasteiger charge is -2.07. The SMILES string of the molecule is CCCCCc1cnc(-c2ccc(C(=O)Oc3ccc(C(=O)Oc4cccc(C#N)c4)cc3)cc2)nc1. The van der Waals surface area contributed by atoms with Gasteiger partial charge in [0.2, 0.25) is 0 Å². The summed E-state index contributed by atoms with van der Waals surface area (Å²) in [5.41, 5.74) is 2.97. The van der Waals surface area contributed by atoms with E-state index in [9.17, 15) is 9.59 Å². The summed E-state index contributed by atoms with van der Waals surface area (Å²) in [5.74, 6) is 0.0542. The van der Waals surface area contributed by atoms with E-state index in [1.807, 2.05) is 18.5 Å². The number of ether oxygens (including phenoxy) is 2. The van der Waals surface area contributed by atoms with Gasteiger partial charge in [-0.05, 0) is 73.0 Å². The Morgan fingerprint density at radius 1 is 0.811 bits per heavy atom. The van der Waals surface area contributed by atoms with Crippen LogP contribution in [0, 0.1) is 11.3 Å². The summed E-state index contributed by atoms with van der Waals surface area (Å²) in [5, 5.41) is 8.97. The number of hydrogen-bond donors (Lipinski definition) is 0. The summed E-state index contributed by atoms with van der Waals surface area (Å²) in [6.07, 6.45) is 8.16. The maximum absolute atomic E-state index is 12.6. The lowest BCUT2D eigenvalue weighted by atomic mass is 10.1. The molecule has 4 rings (SSSR count). The van der Waals surface area contributed by atoms with Crippen LogP contribution in [0.4, 0.5) is 0 Å². The molecule has 0 aliphatic rings. The van der Waals surface area contributed by atoms with Gasteiger partial charge in [-0.25, -0.2) is 19.6 Å². The van der Waals surface area contributed by atoms with Gasteiger partial charge in [-0.3, -0.25) is 0 Å². The fraction of sp³-hybridized carbons (Fsp3) is 0.167. The molecule has 0 aliphatic carbocycles. The van der Waals surface area contributed by atoms with Crippen molar-refractivity contribution in [2.45, 2.75) is 32.6 Å². The number of nitrogens with zero attached hydrogens (tertiary/aromatic N) is 3. The maximum Gasteiger partial charge on any atom is 0.343 e. The van der Waals surface area contributed by atoms with Gasteiger partial charge < -0.3 is 9.47 Å². The molecular weight excluding hydrogens is 466 g/mol. The van der Waals surface area contributed by atoms with Crippen LogP contribution in [-0.2, 0) is 6.42 Å². The van der Waals surface area contributed by atoms with Crippen molar-refractivity contribution in [2.24, 2.45) is 0 Å². The van der Waals surface area contributed by atoms with Crippen molar-refractivity contribution in [3.63, 3.8) is 0 Å². The Balaban J connectivity index is 1.34. The van der Waals surface area contributed by atoms with Gasteiger partial charge in [0.15, 0.2) is 5.82 Å². The van der Waals surface area contributed by atoms with E-state index in [1.165, 1.54) is 43.2 Å². The smallest absolute Gasteiger partial charge is 0.343 e. The van der Waals surface area contributed by atoms with Gasteiger partial charge in [-0.2, -0.15) is 5.26 Å². The third-order valence-electron chi connectivity index (χ3n) is 5.63. The molecule has 4 aromatic rings. The van der Waals surface area contributed by atoms with Crippen molar-refractivity contribution >= 4 is 11.9 Å². The maximum atomic E-state index is 12.6. The van der Waals surface area contributed by atoms with Gasteiger partial charge >= 0.3 is 11.9 Å². The standard InChI is InChI=1S/C30H25N3O4/c1-2-3-4-6-22-19-32-28(33-20-22)23-9-11-24(12-10-23)29(34)36-26-15-13-25(14-16-26)30(35)37-27-8-5-7-21(17-27)18-31/h5,7-17,19-20H,2-4,6H2,1H3. The van der Waals surface area contributed by atoms with Crippen molar-refractivity contribution in [2.75, 3.05) is 0 Å². The number of hydrogen-bond acceptors (Lipinski definition) is 7. The first-order valence-electron chi connectivity index (χ1n) is 12.0. The van der Waals surface area contributed by atoms with E-state index in [0.29, 0.717) is 22.7 Å². The molecule has 0 fully saturated rings. The minimum atomic E-state index is -0.584. The summed E-state index contributed by atoms with van der Waals surface area (Å²) in [6, 6.07) is 21.3. The van der Waals surface area contributed by atoms with Gasteiger partial charge in [0.25, 0.3) is 0 Å². The van der Waals surface area contributed by atoms with Crippen molar-refractivity contribution in [3.8, 4) is 29.0 Å². The predicted molar refractivity (Wildman–Crippen MR) is 138 cm³/mol. The third-order valence-corrected chi connectivity index (χ3v) is 5.63. The van der Waals surface area contributed by atoms with Crippen LogP contribution >= 0.6 is 0 Å². The number of aryl methyl sites for hydroxylation is 1. The fourth-order valence-electron chi connectivity index (χ4n) is 3.59. The second-order valence-electron chi connectivity index (χ2n) is 8.39. The molecule has 0 unspecified atom stereocenters. The number of unbranched alkanes of at least 4 members (excludes halogenated alkanes) is 2. The molecule has 0 atom stereocenters. The first kappa shape index (κ1) is 25.3. The Labute approximate surface area is 215 Å². The highest BCUT2D eigenvalue weighted by Gasteiger charge is 2.13. The summed E-state index contributed by atoms with van der Waals surface area (Å²) in [4.78, 5) is 33.8. The molecule has 1 aromatic heterocycles. The largest absolute Gasteiger partial charge is 0.423 e. The molecule has 7 heteroatoms. The Hall–Kier alpha value is -4.83. The molecular formula is C30H25N3O4. The number of carbonyl (C=O) groups is 2. The average Bonchev–Trinajstić information content (AvgIpc) is 2.94. The molecule has 0 N–H and O–H groups in total. The number of carbonyl (C=O) groups excluding carboxylic acids is 2. The summed E-state index contributed by atoms with van der Waals surface area (Å²) in [6.45, 7) is 2.17.